The van der Waals surface area contributed by atoms with Gasteiger partial charge in [-0.15, -0.1) is 11.3 Å². The number of ether oxygens (including phenoxy) is 1. The summed E-state index contributed by atoms with van der Waals surface area (Å²) in [7, 11) is 0. The summed E-state index contributed by atoms with van der Waals surface area (Å²) in [5.74, 6) is -0.130. The monoisotopic (exact) mass is 325 g/mol. The summed E-state index contributed by atoms with van der Waals surface area (Å²) in [5.41, 5.74) is 0.292. The molecule has 1 aromatic heterocycles. The van der Waals surface area contributed by atoms with Gasteiger partial charge in [0.2, 0.25) is 0 Å². The molecule has 6 heteroatoms. The van der Waals surface area contributed by atoms with Gasteiger partial charge in [-0.2, -0.15) is 8.78 Å². The highest BCUT2D eigenvalue weighted by molar-refractivity contribution is 7.10. The summed E-state index contributed by atoms with van der Waals surface area (Å²) in [5, 5.41) is 4.90. The van der Waals surface area contributed by atoms with Crippen LogP contribution in [0, 0.1) is 5.92 Å². The molecule has 1 heterocycles. The fourth-order valence-electron chi connectivity index (χ4n) is 2.07. The minimum atomic E-state index is -2.91. The Hall–Kier alpha value is -1.95. The van der Waals surface area contributed by atoms with Gasteiger partial charge in [0.05, 0.1) is 6.04 Å². The van der Waals surface area contributed by atoms with Crippen LogP contribution < -0.4 is 10.1 Å². The first kappa shape index (κ1) is 16.4. The summed E-state index contributed by atoms with van der Waals surface area (Å²) in [4.78, 5) is 13.4. The van der Waals surface area contributed by atoms with Crippen molar-refractivity contribution >= 4 is 17.2 Å². The largest absolute Gasteiger partial charge is 0.435 e. The first-order valence-corrected chi connectivity index (χ1v) is 7.74. The lowest BCUT2D eigenvalue weighted by Gasteiger charge is -2.21. The normalized spacial score (nSPS) is 12.5. The number of hydrogen-bond donors (Lipinski definition) is 1. The number of carbonyl (C=O) groups is 1. The number of rotatable bonds is 6. The summed E-state index contributed by atoms with van der Waals surface area (Å²) in [6, 6.07) is 9.56. The Morgan fingerprint density at radius 3 is 2.59 bits per heavy atom. The molecule has 0 aliphatic rings. The van der Waals surface area contributed by atoms with Crippen molar-refractivity contribution in [2.24, 2.45) is 5.92 Å². The Kier molecular flexibility index (Phi) is 5.49. The van der Waals surface area contributed by atoms with Gasteiger partial charge in [0.25, 0.3) is 5.91 Å². The van der Waals surface area contributed by atoms with Crippen molar-refractivity contribution in [3.8, 4) is 5.75 Å². The minimum Gasteiger partial charge on any atom is -0.435 e. The van der Waals surface area contributed by atoms with E-state index in [4.69, 9.17) is 0 Å². The quantitative estimate of drug-likeness (QED) is 0.850. The first-order valence-electron chi connectivity index (χ1n) is 6.86. The van der Waals surface area contributed by atoms with E-state index in [1.54, 1.807) is 17.4 Å². The molecule has 22 heavy (non-hydrogen) atoms. The van der Waals surface area contributed by atoms with Crippen molar-refractivity contribution < 1.29 is 18.3 Å². The van der Waals surface area contributed by atoms with E-state index < -0.39 is 6.61 Å². The van der Waals surface area contributed by atoms with E-state index in [0.717, 1.165) is 4.88 Å². The first-order chi connectivity index (χ1) is 10.5. The number of carbonyl (C=O) groups excluding carboxylic acids is 1. The third-order valence-corrected chi connectivity index (χ3v) is 4.08. The Bertz CT molecular complexity index is 614. The van der Waals surface area contributed by atoms with Crippen LogP contribution in [0.3, 0.4) is 0 Å². The van der Waals surface area contributed by atoms with Gasteiger partial charge in [0.15, 0.2) is 0 Å². The van der Waals surface area contributed by atoms with Gasteiger partial charge in [0, 0.05) is 10.4 Å². The lowest BCUT2D eigenvalue weighted by molar-refractivity contribution is -0.0498. The second-order valence-electron chi connectivity index (χ2n) is 5.12. The average molecular weight is 325 g/mol. The van der Waals surface area contributed by atoms with E-state index in [2.05, 4.69) is 10.1 Å². The van der Waals surface area contributed by atoms with Gasteiger partial charge < -0.3 is 10.1 Å². The van der Waals surface area contributed by atoms with E-state index in [-0.39, 0.29) is 23.6 Å². The molecule has 0 aliphatic carbocycles. The van der Waals surface area contributed by atoms with Crippen LogP contribution in [0.15, 0.2) is 41.8 Å². The summed E-state index contributed by atoms with van der Waals surface area (Å²) >= 11 is 1.57. The van der Waals surface area contributed by atoms with Crippen LogP contribution in [-0.4, -0.2) is 12.5 Å². The smallest absolute Gasteiger partial charge is 0.387 e. The zero-order chi connectivity index (χ0) is 16.1. The Morgan fingerprint density at radius 1 is 1.23 bits per heavy atom. The number of thiophene rings is 1. The zero-order valence-corrected chi connectivity index (χ0v) is 13.1. The molecule has 0 fully saturated rings. The molecule has 0 unspecified atom stereocenters. The van der Waals surface area contributed by atoms with Crippen LogP contribution >= 0.6 is 11.3 Å². The van der Waals surface area contributed by atoms with Gasteiger partial charge in [-0.1, -0.05) is 26.0 Å². The number of benzene rings is 1. The number of amides is 1. The van der Waals surface area contributed by atoms with E-state index in [0.29, 0.717) is 5.56 Å². The van der Waals surface area contributed by atoms with Crippen molar-refractivity contribution in [2.75, 3.05) is 0 Å². The molecular formula is C16H17F2NO2S. The maximum atomic E-state index is 12.3. The van der Waals surface area contributed by atoms with E-state index in [9.17, 15) is 13.6 Å². The van der Waals surface area contributed by atoms with Crippen molar-refractivity contribution in [3.63, 3.8) is 0 Å². The van der Waals surface area contributed by atoms with Crippen LogP contribution in [0.5, 0.6) is 5.75 Å². The predicted octanol–water partition coefficient (Wildman–Crippen LogP) is 4.48. The average Bonchev–Trinajstić information content (AvgIpc) is 2.97. The number of alkyl halides is 2. The molecule has 0 aliphatic heterocycles. The summed E-state index contributed by atoms with van der Waals surface area (Å²) < 4.78 is 28.8. The Morgan fingerprint density at radius 2 is 2.00 bits per heavy atom. The summed E-state index contributed by atoms with van der Waals surface area (Å²) in [6.45, 7) is 1.12. The van der Waals surface area contributed by atoms with Gasteiger partial charge in [-0.3, -0.25) is 4.79 Å². The van der Waals surface area contributed by atoms with Crippen molar-refractivity contribution in [1.82, 2.24) is 5.32 Å². The fraction of sp³-hybridized carbons (Fsp3) is 0.312. The molecule has 3 nitrogen and oxygen atoms in total. The third-order valence-electron chi connectivity index (χ3n) is 3.12. The molecule has 0 radical (unpaired) electrons. The van der Waals surface area contributed by atoms with Crippen LogP contribution in [0.25, 0.3) is 0 Å². The van der Waals surface area contributed by atoms with Crippen molar-refractivity contribution in [2.45, 2.75) is 26.5 Å². The van der Waals surface area contributed by atoms with E-state index in [1.807, 2.05) is 31.4 Å². The molecule has 1 amide bonds. The standard InChI is InChI=1S/C16H17F2NO2S/c1-10(2)14(13-7-4-8-22-13)19-15(20)11-5-3-6-12(9-11)21-16(17)18/h3-10,14,16H,1-2H3,(H,19,20)/t14-/m1/s1. The SMILES string of the molecule is CC(C)[C@@H](NC(=O)c1cccc(OC(F)F)c1)c1cccs1. The van der Waals surface area contributed by atoms with Crippen LogP contribution in [-0.2, 0) is 0 Å². The molecule has 2 aromatic rings. The molecule has 1 N–H and O–H groups in total. The number of halogens is 2. The van der Waals surface area contributed by atoms with Gasteiger partial charge in [-0.05, 0) is 35.6 Å². The highest BCUT2D eigenvalue weighted by Crippen LogP contribution is 2.26. The van der Waals surface area contributed by atoms with E-state index >= 15 is 0 Å². The van der Waals surface area contributed by atoms with Crippen molar-refractivity contribution in [3.05, 3.63) is 52.2 Å². The number of nitrogens with one attached hydrogen (secondary N) is 1. The topological polar surface area (TPSA) is 38.3 Å². The highest BCUT2D eigenvalue weighted by atomic mass is 32.1. The fourth-order valence-corrected chi connectivity index (χ4v) is 3.02. The molecule has 2 rings (SSSR count). The Balaban J connectivity index is 2.13. The summed E-state index contributed by atoms with van der Waals surface area (Å²) in [6.07, 6.45) is 0. The molecule has 0 bridgehead atoms. The van der Waals surface area contributed by atoms with E-state index in [1.165, 1.54) is 18.2 Å². The molecule has 0 spiro atoms. The van der Waals surface area contributed by atoms with Crippen LogP contribution in [0.2, 0.25) is 0 Å². The molecule has 118 valence electrons. The third kappa shape index (κ3) is 4.27. The van der Waals surface area contributed by atoms with Crippen LogP contribution in [0.4, 0.5) is 8.78 Å². The highest BCUT2D eigenvalue weighted by Gasteiger charge is 2.20. The van der Waals surface area contributed by atoms with Gasteiger partial charge in [0.1, 0.15) is 5.75 Å². The van der Waals surface area contributed by atoms with Gasteiger partial charge >= 0.3 is 6.61 Å². The lowest BCUT2D eigenvalue weighted by atomic mass is 10.0. The zero-order valence-electron chi connectivity index (χ0n) is 12.3. The lowest BCUT2D eigenvalue weighted by Crippen LogP contribution is -2.31. The molecule has 0 saturated carbocycles. The Labute approximate surface area is 131 Å². The second-order valence-corrected chi connectivity index (χ2v) is 6.10. The van der Waals surface area contributed by atoms with Gasteiger partial charge in [-0.25, -0.2) is 0 Å². The second kappa shape index (κ2) is 7.35. The molecule has 0 saturated heterocycles. The van der Waals surface area contributed by atoms with Crippen LogP contribution in [0.1, 0.15) is 35.1 Å². The molecule has 1 aromatic carbocycles. The maximum Gasteiger partial charge on any atom is 0.387 e. The van der Waals surface area contributed by atoms with Crippen molar-refractivity contribution in [1.29, 1.82) is 0 Å². The predicted molar refractivity (Wildman–Crippen MR) is 82.4 cm³/mol. The molecule has 1 atom stereocenters. The maximum absolute atomic E-state index is 12.3. The minimum absolute atomic E-state index is 0.0279. The molecular weight excluding hydrogens is 308 g/mol. The number of hydrogen-bond acceptors (Lipinski definition) is 3.